The molecule has 2 amide bonds. The molecule has 1 saturated heterocycles. The third-order valence-electron chi connectivity index (χ3n) is 5.93. The Morgan fingerprint density at radius 1 is 1.26 bits per heavy atom. The predicted octanol–water partition coefficient (Wildman–Crippen LogP) is 2.93. The van der Waals surface area contributed by atoms with Gasteiger partial charge in [0, 0.05) is 0 Å². The number of hydrazone groups is 1. The monoisotopic (exact) mass is 490 g/mol. The fraction of sp³-hybridized carbons (Fsp3) is 0.455. The van der Waals surface area contributed by atoms with E-state index < -0.39 is 12.1 Å². The Hall–Kier alpha value is -2.68. The molecule has 2 bridgehead atoms. The van der Waals surface area contributed by atoms with Crippen molar-refractivity contribution in [2.75, 3.05) is 13.7 Å². The summed E-state index contributed by atoms with van der Waals surface area (Å²) in [4.78, 5) is 37.4. The molecule has 0 unspecified atom stereocenters. The van der Waals surface area contributed by atoms with Crippen LogP contribution < -0.4 is 9.47 Å². The van der Waals surface area contributed by atoms with Crippen molar-refractivity contribution in [1.82, 2.24) is 5.01 Å². The van der Waals surface area contributed by atoms with Gasteiger partial charge in [0.15, 0.2) is 17.6 Å². The lowest BCUT2D eigenvalue weighted by molar-refractivity contribution is -0.150. The van der Waals surface area contributed by atoms with Crippen molar-refractivity contribution in [1.29, 1.82) is 0 Å². The van der Waals surface area contributed by atoms with Gasteiger partial charge in [0.25, 0.3) is 11.8 Å². The molecule has 0 radical (unpaired) electrons. The highest BCUT2D eigenvalue weighted by molar-refractivity contribution is 9.10. The summed E-state index contributed by atoms with van der Waals surface area (Å²) in [5, 5.41) is 5.18. The molecule has 4 rings (SSSR count). The normalized spacial score (nSPS) is 27.2. The number of esters is 1. The molecule has 9 heteroatoms. The number of rotatable bonds is 7. The number of fused-ring (bicyclic) bond motifs is 5. The molecular weight excluding hydrogens is 468 g/mol. The molecule has 3 aliphatic rings. The molecule has 8 nitrogen and oxygen atoms in total. The maximum atomic E-state index is 12.8. The van der Waals surface area contributed by atoms with Crippen molar-refractivity contribution >= 4 is 39.9 Å². The third kappa shape index (κ3) is 3.75. The van der Waals surface area contributed by atoms with Gasteiger partial charge >= 0.3 is 5.97 Å². The number of imide groups is 1. The SMILES string of the molecule is CCOC(=O)[C@H](C)Oc1c(Br)cc(C=NN2C(=O)[C@@H]3[C@H](C2=O)[C@H]2C=C[C@H]3C2)cc1OC. The van der Waals surface area contributed by atoms with Gasteiger partial charge < -0.3 is 14.2 Å². The van der Waals surface area contributed by atoms with Crippen LogP contribution in [0.4, 0.5) is 0 Å². The molecule has 0 aromatic heterocycles. The number of ether oxygens (including phenoxy) is 3. The highest BCUT2D eigenvalue weighted by Crippen LogP contribution is 2.52. The van der Waals surface area contributed by atoms with Gasteiger partial charge in [0.2, 0.25) is 0 Å². The smallest absolute Gasteiger partial charge is 0.347 e. The minimum Gasteiger partial charge on any atom is -0.493 e. The van der Waals surface area contributed by atoms with Crippen LogP contribution in [-0.4, -0.2) is 48.8 Å². The van der Waals surface area contributed by atoms with Gasteiger partial charge in [0.1, 0.15) is 0 Å². The maximum absolute atomic E-state index is 12.8. The highest BCUT2D eigenvalue weighted by atomic mass is 79.9. The molecular formula is C22H23BrN2O6. The Balaban J connectivity index is 1.52. The van der Waals surface area contributed by atoms with Crippen molar-refractivity contribution in [2.45, 2.75) is 26.4 Å². The fourth-order valence-corrected chi connectivity index (χ4v) is 5.09. The second-order valence-electron chi connectivity index (χ2n) is 7.78. The van der Waals surface area contributed by atoms with E-state index in [0.717, 1.165) is 11.4 Å². The van der Waals surface area contributed by atoms with Crippen LogP contribution in [0.3, 0.4) is 0 Å². The summed E-state index contributed by atoms with van der Waals surface area (Å²) in [6.07, 6.45) is 5.58. The predicted molar refractivity (Wildman–Crippen MR) is 115 cm³/mol. The van der Waals surface area contributed by atoms with Gasteiger partial charge in [-0.15, -0.1) is 0 Å². The van der Waals surface area contributed by atoms with Crippen LogP contribution in [0.15, 0.2) is 33.9 Å². The summed E-state index contributed by atoms with van der Waals surface area (Å²) < 4.78 is 16.6. The van der Waals surface area contributed by atoms with E-state index in [1.807, 2.05) is 12.2 Å². The molecule has 2 aliphatic carbocycles. The summed E-state index contributed by atoms with van der Waals surface area (Å²) in [5.74, 6) is -0.563. The van der Waals surface area contributed by atoms with E-state index in [-0.39, 0.29) is 42.1 Å². The lowest BCUT2D eigenvalue weighted by Gasteiger charge is -2.17. The molecule has 1 saturated carbocycles. The van der Waals surface area contributed by atoms with E-state index in [9.17, 15) is 14.4 Å². The molecule has 1 aromatic rings. The average molecular weight is 491 g/mol. The number of carbonyl (C=O) groups is 3. The molecule has 1 aliphatic heterocycles. The summed E-state index contributed by atoms with van der Waals surface area (Å²) in [6, 6.07) is 3.36. The maximum Gasteiger partial charge on any atom is 0.347 e. The summed E-state index contributed by atoms with van der Waals surface area (Å²) in [7, 11) is 1.47. The van der Waals surface area contributed by atoms with E-state index in [1.165, 1.54) is 13.3 Å². The Labute approximate surface area is 188 Å². The molecule has 164 valence electrons. The molecule has 1 heterocycles. The topological polar surface area (TPSA) is 94.5 Å². The quantitative estimate of drug-likeness (QED) is 0.252. The summed E-state index contributed by atoms with van der Waals surface area (Å²) in [6.45, 7) is 3.57. The Morgan fingerprint density at radius 2 is 1.90 bits per heavy atom. The molecule has 0 spiro atoms. The number of amides is 2. The molecule has 1 aromatic carbocycles. The minimum absolute atomic E-state index is 0.138. The van der Waals surface area contributed by atoms with Gasteiger partial charge in [-0.05, 0) is 65.7 Å². The first-order valence-electron chi connectivity index (χ1n) is 10.2. The number of hydrogen-bond donors (Lipinski definition) is 0. The van der Waals surface area contributed by atoms with Crippen LogP contribution in [0.5, 0.6) is 11.5 Å². The van der Waals surface area contributed by atoms with Gasteiger partial charge in [-0.1, -0.05) is 12.2 Å². The molecule has 2 fully saturated rings. The van der Waals surface area contributed by atoms with Crippen molar-refractivity contribution in [3.8, 4) is 11.5 Å². The van der Waals surface area contributed by atoms with Crippen molar-refractivity contribution in [2.24, 2.45) is 28.8 Å². The molecule has 5 atom stereocenters. The van der Waals surface area contributed by atoms with E-state index in [1.54, 1.807) is 26.0 Å². The second kappa shape index (κ2) is 8.45. The highest BCUT2D eigenvalue weighted by Gasteiger charge is 2.59. The standard InChI is InChI=1S/C22H23BrN2O6/c1-4-30-22(28)11(2)31-19-15(23)7-12(8-16(19)29-3)10-24-25-20(26)17-13-5-6-14(9-13)18(17)21(25)27/h5-8,10-11,13-14,17-18H,4,9H2,1-3H3/t11-,13-,14-,17-,18+/m0/s1. The van der Waals surface area contributed by atoms with Gasteiger partial charge in [-0.3, -0.25) is 9.59 Å². The van der Waals surface area contributed by atoms with Crippen LogP contribution in [0.2, 0.25) is 0 Å². The average Bonchev–Trinajstić information content (AvgIpc) is 3.42. The fourth-order valence-electron chi connectivity index (χ4n) is 4.54. The zero-order valence-corrected chi connectivity index (χ0v) is 19.0. The second-order valence-corrected chi connectivity index (χ2v) is 8.63. The van der Waals surface area contributed by atoms with Gasteiger partial charge in [-0.25, -0.2) is 4.79 Å². The number of benzene rings is 1. The van der Waals surface area contributed by atoms with E-state index in [4.69, 9.17) is 14.2 Å². The van der Waals surface area contributed by atoms with Crippen LogP contribution in [0.25, 0.3) is 0 Å². The van der Waals surface area contributed by atoms with E-state index in [0.29, 0.717) is 21.5 Å². The first-order valence-corrected chi connectivity index (χ1v) is 11.0. The lowest BCUT2D eigenvalue weighted by atomic mass is 9.85. The van der Waals surface area contributed by atoms with Crippen LogP contribution in [0, 0.1) is 23.7 Å². The summed E-state index contributed by atoms with van der Waals surface area (Å²) in [5.41, 5.74) is 0.596. The largest absolute Gasteiger partial charge is 0.493 e. The number of carbonyl (C=O) groups excluding carboxylic acids is 3. The Morgan fingerprint density at radius 3 is 2.48 bits per heavy atom. The number of allylic oxidation sites excluding steroid dienone is 2. The number of nitrogens with zero attached hydrogens (tertiary/aromatic N) is 2. The van der Waals surface area contributed by atoms with Crippen LogP contribution in [0.1, 0.15) is 25.8 Å². The molecule has 0 N–H and O–H groups in total. The lowest BCUT2D eigenvalue weighted by Crippen LogP contribution is -2.28. The molecule has 31 heavy (non-hydrogen) atoms. The van der Waals surface area contributed by atoms with Crippen molar-refractivity contribution in [3.63, 3.8) is 0 Å². The zero-order valence-electron chi connectivity index (χ0n) is 17.4. The van der Waals surface area contributed by atoms with Gasteiger partial charge in [0.05, 0.1) is 36.2 Å². The minimum atomic E-state index is -0.826. The first-order chi connectivity index (χ1) is 14.8. The zero-order chi connectivity index (χ0) is 22.3. The van der Waals surface area contributed by atoms with Gasteiger partial charge in [-0.2, -0.15) is 10.1 Å². The third-order valence-corrected chi connectivity index (χ3v) is 6.52. The van der Waals surface area contributed by atoms with Crippen LogP contribution in [-0.2, 0) is 19.1 Å². The van der Waals surface area contributed by atoms with E-state index in [2.05, 4.69) is 21.0 Å². The summed E-state index contributed by atoms with van der Waals surface area (Å²) >= 11 is 3.42. The number of hydrogen-bond acceptors (Lipinski definition) is 7. The Bertz CT molecular complexity index is 960. The van der Waals surface area contributed by atoms with Crippen LogP contribution >= 0.6 is 15.9 Å². The number of methoxy groups -OCH3 is 1. The van der Waals surface area contributed by atoms with E-state index >= 15 is 0 Å². The first kappa shape index (κ1) is 21.5. The van der Waals surface area contributed by atoms with Crippen molar-refractivity contribution in [3.05, 3.63) is 34.3 Å². The Kier molecular flexibility index (Phi) is 5.88. The number of halogens is 1. The van der Waals surface area contributed by atoms with Crippen molar-refractivity contribution < 1.29 is 28.6 Å².